The van der Waals surface area contributed by atoms with Gasteiger partial charge in [0.05, 0.1) is 11.8 Å². The minimum atomic E-state index is -4.49. The van der Waals surface area contributed by atoms with E-state index in [0.29, 0.717) is 5.75 Å². The molecule has 0 saturated heterocycles. The van der Waals surface area contributed by atoms with E-state index in [-0.39, 0.29) is 18.1 Å². The number of hydrogen-bond donors (Lipinski definition) is 1. The SMILES string of the molecule is Cc1ccc(C(C)C)c(OCC(=O)N/N=C/c2ccccc2C(F)(F)F)c1. The molecule has 144 valence electrons. The Labute approximate surface area is 156 Å². The molecule has 0 saturated carbocycles. The number of halogens is 3. The number of ether oxygens (including phenoxy) is 1. The second-order valence-electron chi connectivity index (χ2n) is 6.36. The number of hydrazone groups is 1. The first-order valence-electron chi connectivity index (χ1n) is 8.40. The van der Waals surface area contributed by atoms with E-state index in [1.165, 1.54) is 18.2 Å². The molecular weight excluding hydrogens is 357 g/mol. The number of carbonyl (C=O) groups excluding carboxylic acids is 1. The van der Waals surface area contributed by atoms with Crippen molar-refractivity contribution >= 4 is 12.1 Å². The molecule has 0 aromatic heterocycles. The van der Waals surface area contributed by atoms with Crippen LogP contribution < -0.4 is 10.2 Å². The third-order valence-electron chi connectivity index (χ3n) is 3.81. The third kappa shape index (κ3) is 5.84. The average Bonchev–Trinajstić information content (AvgIpc) is 2.59. The molecule has 0 aliphatic carbocycles. The molecule has 0 aliphatic heterocycles. The standard InChI is InChI=1S/C20H21F3N2O2/c1-13(2)16-9-8-14(3)10-18(16)27-12-19(26)25-24-11-15-6-4-5-7-17(15)20(21,22)23/h4-11,13H,12H2,1-3H3,(H,25,26)/b24-11+. The normalized spacial score (nSPS) is 11.8. The summed E-state index contributed by atoms with van der Waals surface area (Å²) in [5.41, 5.74) is 3.20. The first kappa shape index (κ1) is 20.5. The van der Waals surface area contributed by atoms with Gasteiger partial charge in [-0.25, -0.2) is 5.43 Å². The van der Waals surface area contributed by atoms with E-state index in [0.717, 1.165) is 23.4 Å². The Balaban J connectivity index is 1.98. The number of rotatable bonds is 6. The lowest BCUT2D eigenvalue weighted by Crippen LogP contribution is -2.25. The first-order valence-corrected chi connectivity index (χ1v) is 8.40. The fraction of sp³-hybridized carbons (Fsp3) is 0.300. The molecular formula is C20H21F3N2O2. The number of amides is 1. The van der Waals surface area contributed by atoms with Crippen LogP contribution in [0.1, 0.15) is 42.0 Å². The summed E-state index contributed by atoms with van der Waals surface area (Å²) in [6.45, 7) is 5.65. The molecule has 0 radical (unpaired) electrons. The van der Waals surface area contributed by atoms with Gasteiger partial charge in [-0.15, -0.1) is 0 Å². The second kappa shape index (κ2) is 8.70. The van der Waals surface area contributed by atoms with Crippen LogP contribution in [0.2, 0.25) is 0 Å². The van der Waals surface area contributed by atoms with Crippen molar-refractivity contribution in [2.24, 2.45) is 5.10 Å². The molecule has 0 bridgehead atoms. The summed E-state index contributed by atoms with van der Waals surface area (Å²) >= 11 is 0. The average molecular weight is 378 g/mol. The van der Waals surface area contributed by atoms with Crippen molar-refractivity contribution in [2.45, 2.75) is 32.9 Å². The van der Waals surface area contributed by atoms with Crippen LogP contribution in [-0.2, 0) is 11.0 Å². The highest BCUT2D eigenvalue weighted by molar-refractivity contribution is 5.84. The lowest BCUT2D eigenvalue weighted by Gasteiger charge is -2.14. The monoisotopic (exact) mass is 378 g/mol. The Bertz CT molecular complexity index is 830. The molecule has 0 unspecified atom stereocenters. The zero-order chi connectivity index (χ0) is 20.0. The van der Waals surface area contributed by atoms with Crippen molar-refractivity contribution in [3.05, 3.63) is 64.7 Å². The summed E-state index contributed by atoms with van der Waals surface area (Å²) in [4.78, 5) is 11.9. The molecule has 0 fully saturated rings. The topological polar surface area (TPSA) is 50.7 Å². The molecule has 0 spiro atoms. The summed E-state index contributed by atoms with van der Waals surface area (Å²) in [7, 11) is 0. The van der Waals surface area contributed by atoms with Gasteiger partial charge in [-0.05, 0) is 36.1 Å². The van der Waals surface area contributed by atoms with Gasteiger partial charge < -0.3 is 4.74 Å². The van der Waals surface area contributed by atoms with E-state index in [1.807, 2.05) is 39.0 Å². The van der Waals surface area contributed by atoms with Gasteiger partial charge in [-0.3, -0.25) is 4.79 Å². The fourth-order valence-electron chi connectivity index (χ4n) is 2.46. The summed E-state index contributed by atoms with van der Waals surface area (Å²) in [6.07, 6.45) is -3.53. The Morgan fingerprint density at radius 3 is 2.59 bits per heavy atom. The zero-order valence-corrected chi connectivity index (χ0v) is 15.3. The van der Waals surface area contributed by atoms with Crippen molar-refractivity contribution in [3.63, 3.8) is 0 Å². The van der Waals surface area contributed by atoms with E-state index in [9.17, 15) is 18.0 Å². The molecule has 0 atom stereocenters. The number of aryl methyl sites for hydroxylation is 1. The van der Waals surface area contributed by atoms with Crippen LogP contribution >= 0.6 is 0 Å². The summed E-state index contributed by atoms with van der Waals surface area (Å²) < 4.78 is 44.3. The highest BCUT2D eigenvalue weighted by Gasteiger charge is 2.32. The second-order valence-corrected chi connectivity index (χ2v) is 6.36. The van der Waals surface area contributed by atoms with E-state index in [1.54, 1.807) is 0 Å². The number of nitrogens with zero attached hydrogens (tertiary/aromatic N) is 1. The molecule has 2 aromatic carbocycles. The molecule has 1 N–H and O–H groups in total. The number of carbonyl (C=O) groups is 1. The van der Waals surface area contributed by atoms with Crippen LogP contribution in [0.3, 0.4) is 0 Å². The Morgan fingerprint density at radius 2 is 1.93 bits per heavy atom. The van der Waals surface area contributed by atoms with Crippen LogP contribution in [0.4, 0.5) is 13.2 Å². The maximum atomic E-state index is 12.9. The summed E-state index contributed by atoms with van der Waals surface area (Å²) in [5, 5.41) is 3.60. The largest absolute Gasteiger partial charge is 0.483 e. The number of alkyl halides is 3. The van der Waals surface area contributed by atoms with Crippen molar-refractivity contribution in [2.75, 3.05) is 6.61 Å². The van der Waals surface area contributed by atoms with Gasteiger partial charge in [0.1, 0.15) is 5.75 Å². The highest BCUT2D eigenvalue weighted by atomic mass is 19.4. The molecule has 27 heavy (non-hydrogen) atoms. The summed E-state index contributed by atoms with van der Waals surface area (Å²) in [6, 6.07) is 10.7. The zero-order valence-electron chi connectivity index (χ0n) is 15.3. The molecule has 0 heterocycles. The molecule has 0 aliphatic rings. The van der Waals surface area contributed by atoms with E-state index in [2.05, 4.69) is 10.5 Å². The van der Waals surface area contributed by atoms with Crippen LogP contribution in [0.15, 0.2) is 47.6 Å². The van der Waals surface area contributed by atoms with E-state index in [4.69, 9.17) is 4.74 Å². The van der Waals surface area contributed by atoms with Crippen LogP contribution in [-0.4, -0.2) is 18.7 Å². The van der Waals surface area contributed by atoms with Crippen LogP contribution in [0, 0.1) is 6.92 Å². The lowest BCUT2D eigenvalue weighted by atomic mass is 10.0. The van der Waals surface area contributed by atoms with Crippen molar-refractivity contribution in [1.29, 1.82) is 0 Å². The quantitative estimate of drug-likeness (QED) is 0.587. The van der Waals surface area contributed by atoms with Gasteiger partial charge >= 0.3 is 6.18 Å². The van der Waals surface area contributed by atoms with E-state index >= 15 is 0 Å². The molecule has 2 rings (SSSR count). The lowest BCUT2D eigenvalue weighted by molar-refractivity contribution is -0.137. The maximum absolute atomic E-state index is 12.9. The van der Waals surface area contributed by atoms with Gasteiger partial charge in [0.2, 0.25) is 0 Å². The number of benzene rings is 2. The predicted molar refractivity (Wildman–Crippen MR) is 97.9 cm³/mol. The van der Waals surface area contributed by atoms with Crippen molar-refractivity contribution < 1.29 is 22.7 Å². The molecule has 1 amide bonds. The Morgan fingerprint density at radius 1 is 1.22 bits per heavy atom. The van der Waals surface area contributed by atoms with E-state index < -0.39 is 17.6 Å². The molecule has 7 heteroatoms. The van der Waals surface area contributed by atoms with Crippen molar-refractivity contribution in [1.82, 2.24) is 5.43 Å². The maximum Gasteiger partial charge on any atom is 0.417 e. The van der Waals surface area contributed by atoms with Crippen molar-refractivity contribution in [3.8, 4) is 5.75 Å². The predicted octanol–water partition coefficient (Wildman–Crippen LogP) is 4.67. The smallest absolute Gasteiger partial charge is 0.417 e. The third-order valence-corrected chi connectivity index (χ3v) is 3.81. The summed E-state index contributed by atoms with van der Waals surface area (Å²) in [5.74, 6) is 0.263. The Hall–Kier alpha value is -2.83. The van der Waals surface area contributed by atoms with Gasteiger partial charge in [0.15, 0.2) is 6.61 Å². The number of hydrogen-bond acceptors (Lipinski definition) is 3. The highest BCUT2D eigenvalue weighted by Crippen LogP contribution is 2.31. The van der Waals surface area contributed by atoms with Gasteiger partial charge in [0.25, 0.3) is 5.91 Å². The van der Waals surface area contributed by atoms with Gasteiger partial charge in [-0.2, -0.15) is 18.3 Å². The minimum Gasteiger partial charge on any atom is -0.483 e. The fourth-order valence-corrected chi connectivity index (χ4v) is 2.46. The first-order chi connectivity index (χ1) is 12.7. The Kier molecular flexibility index (Phi) is 6.60. The van der Waals surface area contributed by atoms with Gasteiger partial charge in [-0.1, -0.05) is 44.2 Å². The van der Waals surface area contributed by atoms with Crippen LogP contribution in [0.5, 0.6) is 5.75 Å². The van der Waals surface area contributed by atoms with Gasteiger partial charge in [0, 0.05) is 5.56 Å². The molecule has 2 aromatic rings. The molecule has 4 nitrogen and oxygen atoms in total. The number of nitrogens with one attached hydrogen (secondary N) is 1. The van der Waals surface area contributed by atoms with Crippen LogP contribution in [0.25, 0.3) is 0 Å². The minimum absolute atomic E-state index is 0.132.